The molecule has 2 unspecified atom stereocenters. The molecule has 0 radical (unpaired) electrons. The number of nitrogens with one attached hydrogen (secondary N) is 1. The van der Waals surface area contributed by atoms with Crippen molar-refractivity contribution in [1.29, 1.82) is 0 Å². The number of aliphatic hydroxyl groups is 1. The van der Waals surface area contributed by atoms with Crippen LogP contribution in [-0.2, 0) is 4.79 Å². The Bertz CT molecular complexity index is 490. The van der Waals surface area contributed by atoms with Gasteiger partial charge in [0, 0.05) is 12.5 Å². The SMILES string of the molecule is Cc1cc(C)c(OCC(=O)NCC2CCCC2O)c(C)c1. The van der Waals surface area contributed by atoms with Gasteiger partial charge in [-0.1, -0.05) is 24.1 Å². The van der Waals surface area contributed by atoms with Crippen molar-refractivity contribution in [3.8, 4) is 5.75 Å². The molecule has 1 amide bonds. The first-order valence-corrected chi connectivity index (χ1v) is 7.63. The quantitative estimate of drug-likeness (QED) is 0.875. The molecule has 0 spiro atoms. The van der Waals surface area contributed by atoms with Crippen molar-refractivity contribution >= 4 is 5.91 Å². The second-order valence-electron chi connectivity index (χ2n) is 6.08. The molecule has 2 N–H and O–H groups in total. The van der Waals surface area contributed by atoms with Crippen LogP contribution >= 0.6 is 0 Å². The zero-order valence-corrected chi connectivity index (χ0v) is 13.1. The fraction of sp³-hybridized carbons (Fsp3) is 0.588. The van der Waals surface area contributed by atoms with Crippen LogP contribution < -0.4 is 10.1 Å². The third kappa shape index (κ3) is 4.21. The monoisotopic (exact) mass is 291 g/mol. The Labute approximate surface area is 126 Å². The zero-order chi connectivity index (χ0) is 15.4. The van der Waals surface area contributed by atoms with E-state index in [1.54, 1.807) is 0 Å². The van der Waals surface area contributed by atoms with Gasteiger partial charge in [-0.05, 0) is 44.7 Å². The fourth-order valence-corrected chi connectivity index (χ4v) is 3.08. The van der Waals surface area contributed by atoms with Gasteiger partial charge in [-0.3, -0.25) is 4.79 Å². The molecule has 1 aliphatic carbocycles. The Kier molecular flexibility index (Phi) is 5.23. The number of ether oxygens (including phenoxy) is 1. The molecule has 1 aliphatic rings. The average Bonchev–Trinajstić information content (AvgIpc) is 2.80. The molecule has 0 bridgehead atoms. The third-order valence-electron chi connectivity index (χ3n) is 4.13. The van der Waals surface area contributed by atoms with E-state index in [-0.39, 0.29) is 24.5 Å². The topological polar surface area (TPSA) is 58.6 Å². The van der Waals surface area contributed by atoms with E-state index >= 15 is 0 Å². The number of benzene rings is 1. The van der Waals surface area contributed by atoms with Crippen LogP contribution in [0.3, 0.4) is 0 Å². The standard InChI is InChI=1S/C17H25NO3/c1-11-7-12(2)17(13(3)8-11)21-10-16(20)18-9-14-5-4-6-15(14)19/h7-8,14-15,19H,4-6,9-10H2,1-3H3,(H,18,20). The summed E-state index contributed by atoms with van der Waals surface area (Å²) in [7, 11) is 0. The predicted octanol–water partition coefficient (Wildman–Crippen LogP) is 2.27. The predicted molar refractivity (Wildman–Crippen MR) is 82.5 cm³/mol. The maximum absolute atomic E-state index is 11.9. The van der Waals surface area contributed by atoms with Gasteiger partial charge in [0.2, 0.25) is 0 Å². The number of aryl methyl sites for hydroxylation is 3. The van der Waals surface area contributed by atoms with Crippen LogP contribution in [0.15, 0.2) is 12.1 Å². The van der Waals surface area contributed by atoms with Gasteiger partial charge in [0.1, 0.15) is 5.75 Å². The Morgan fingerprint density at radius 2 is 1.95 bits per heavy atom. The van der Waals surface area contributed by atoms with E-state index in [1.807, 2.05) is 20.8 Å². The molecule has 116 valence electrons. The lowest BCUT2D eigenvalue weighted by molar-refractivity contribution is -0.123. The molecule has 0 aromatic heterocycles. The van der Waals surface area contributed by atoms with Gasteiger partial charge < -0.3 is 15.2 Å². The summed E-state index contributed by atoms with van der Waals surface area (Å²) in [6.07, 6.45) is 2.60. The molecule has 4 nitrogen and oxygen atoms in total. The lowest BCUT2D eigenvalue weighted by atomic mass is 10.1. The summed E-state index contributed by atoms with van der Waals surface area (Å²) in [5, 5.41) is 12.6. The highest BCUT2D eigenvalue weighted by atomic mass is 16.5. The number of aliphatic hydroxyl groups excluding tert-OH is 1. The van der Waals surface area contributed by atoms with Crippen LogP contribution in [0.5, 0.6) is 5.75 Å². The van der Waals surface area contributed by atoms with Gasteiger partial charge >= 0.3 is 0 Å². The van der Waals surface area contributed by atoms with E-state index in [0.717, 1.165) is 36.1 Å². The summed E-state index contributed by atoms with van der Waals surface area (Å²) in [5.41, 5.74) is 3.29. The van der Waals surface area contributed by atoms with Gasteiger partial charge in [0.15, 0.2) is 6.61 Å². The Hall–Kier alpha value is -1.55. The van der Waals surface area contributed by atoms with E-state index < -0.39 is 0 Å². The molecule has 1 saturated carbocycles. The normalized spacial score (nSPS) is 21.3. The smallest absolute Gasteiger partial charge is 0.257 e. The third-order valence-corrected chi connectivity index (χ3v) is 4.13. The molecule has 2 rings (SSSR count). The van der Waals surface area contributed by atoms with Gasteiger partial charge in [-0.2, -0.15) is 0 Å². The lowest BCUT2D eigenvalue weighted by Gasteiger charge is -2.16. The maximum Gasteiger partial charge on any atom is 0.257 e. The minimum absolute atomic E-state index is 0.0214. The van der Waals surface area contributed by atoms with Crippen molar-refractivity contribution in [3.05, 3.63) is 28.8 Å². The highest BCUT2D eigenvalue weighted by Crippen LogP contribution is 2.25. The Balaban J connectivity index is 1.81. The second-order valence-corrected chi connectivity index (χ2v) is 6.08. The number of carbonyl (C=O) groups is 1. The largest absolute Gasteiger partial charge is 0.483 e. The van der Waals surface area contributed by atoms with Crippen molar-refractivity contribution in [2.75, 3.05) is 13.2 Å². The van der Waals surface area contributed by atoms with Crippen molar-refractivity contribution in [3.63, 3.8) is 0 Å². The van der Waals surface area contributed by atoms with E-state index in [0.29, 0.717) is 6.54 Å². The number of hydrogen-bond acceptors (Lipinski definition) is 3. The highest BCUT2D eigenvalue weighted by molar-refractivity contribution is 5.77. The minimum atomic E-state index is -0.271. The van der Waals surface area contributed by atoms with Crippen LogP contribution in [0, 0.1) is 26.7 Å². The molecule has 0 aliphatic heterocycles. The first-order valence-electron chi connectivity index (χ1n) is 7.63. The number of carbonyl (C=O) groups excluding carboxylic acids is 1. The summed E-state index contributed by atoms with van der Waals surface area (Å²) in [4.78, 5) is 11.9. The van der Waals surface area contributed by atoms with Gasteiger partial charge in [0.25, 0.3) is 5.91 Å². The summed E-state index contributed by atoms with van der Waals surface area (Å²) < 4.78 is 5.65. The number of hydrogen-bond donors (Lipinski definition) is 2. The van der Waals surface area contributed by atoms with Crippen LogP contribution in [0.1, 0.15) is 36.0 Å². The first kappa shape index (κ1) is 15.8. The van der Waals surface area contributed by atoms with E-state index in [1.165, 1.54) is 5.56 Å². The highest BCUT2D eigenvalue weighted by Gasteiger charge is 2.25. The summed E-state index contributed by atoms with van der Waals surface area (Å²) in [5.74, 6) is 0.849. The van der Waals surface area contributed by atoms with Gasteiger partial charge in [-0.15, -0.1) is 0 Å². The van der Waals surface area contributed by atoms with E-state index in [9.17, 15) is 9.90 Å². The van der Waals surface area contributed by atoms with Gasteiger partial charge in [0.05, 0.1) is 6.10 Å². The Morgan fingerprint density at radius 3 is 2.52 bits per heavy atom. The first-order chi connectivity index (χ1) is 9.97. The van der Waals surface area contributed by atoms with Crippen molar-refractivity contribution in [2.24, 2.45) is 5.92 Å². The van der Waals surface area contributed by atoms with Crippen molar-refractivity contribution < 1.29 is 14.6 Å². The molecular formula is C17H25NO3. The van der Waals surface area contributed by atoms with Crippen LogP contribution in [0.25, 0.3) is 0 Å². The van der Waals surface area contributed by atoms with E-state index in [4.69, 9.17) is 4.74 Å². The summed E-state index contributed by atoms with van der Waals surface area (Å²) >= 11 is 0. The average molecular weight is 291 g/mol. The summed E-state index contributed by atoms with van der Waals surface area (Å²) in [6.45, 7) is 6.58. The fourth-order valence-electron chi connectivity index (χ4n) is 3.08. The Morgan fingerprint density at radius 1 is 1.29 bits per heavy atom. The molecule has 1 aromatic carbocycles. The van der Waals surface area contributed by atoms with E-state index in [2.05, 4.69) is 17.4 Å². The van der Waals surface area contributed by atoms with Gasteiger partial charge in [-0.25, -0.2) is 0 Å². The molecule has 21 heavy (non-hydrogen) atoms. The molecular weight excluding hydrogens is 266 g/mol. The molecule has 4 heteroatoms. The molecule has 0 saturated heterocycles. The van der Waals surface area contributed by atoms with Crippen molar-refractivity contribution in [2.45, 2.75) is 46.1 Å². The number of rotatable bonds is 5. The van der Waals surface area contributed by atoms with Crippen LogP contribution in [0.2, 0.25) is 0 Å². The molecule has 0 heterocycles. The lowest BCUT2D eigenvalue weighted by Crippen LogP contribution is -2.35. The molecule has 1 fully saturated rings. The van der Waals surface area contributed by atoms with Crippen LogP contribution in [0.4, 0.5) is 0 Å². The zero-order valence-electron chi connectivity index (χ0n) is 13.1. The molecule has 2 atom stereocenters. The van der Waals surface area contributed by atoms with Crippen molar-refractivity contribution in [1.82, 2.24) is 5.32 Å². The van der Waals surface area contributed by atoms with Crippen LogP contribution in [-0.4, -0.2) is 30.3 Å². The maximum atomic E-state index is 11.9. The second kappa shape index (κ2) is 6.94. The molecule has 1 aromatic rings. The number of amides is 1. The minimum Gasteiger partial charge on any atom is -0.483 e. The summed E-state index contributed by atoms with van der Waals surface area (Å²) in [6, 6.07) is 4.10.